The maximum absolute atomic E-state index is 11.5. The van der Waals surface area contributed by atoms with E-state index in [4.69, 9.17) is 10.5 Å². The third-order valence-electron chi connectivity index (χ3n) is 2.94. The van der Waals surface area contributed by atoms with E-state index in [1.165, 1.54) is 4.90 Å². The Labute approximate surface area is 137 Å². The van der Waals surface area contributed by atoms with Crippen LogP contribution in [0.4, 0.5) is 23.1 Å². The van der Waals surface area contributed by atoms with E-state index in [9.17, 15) is 10.1 Å². The van der Waals surface area contributed by atoms with Gasteiger partial charge in [0.1, 0.15) is 25.2 Å². The number of hydrogen-bond acceptors (Lipinski definition) is 9. The van der Waals surface area contributed by atoms with Gasteiger partial charge >= 0.3 is 5.69 Å². The van der Waals surface area contributed by atoms with E-state index >= 15 is 0 Å². The minimum Gasteiger partial charge on any atom is -0.324 e. The molecule has 0 aliphatic carbocycles. The summed E-state index contributed by atoms with van der Waals surface area (Å²) in [6.45, 7) is 1.35. The third kappa shape index (κ3) is 3.69. The third-order valence-corrected chi connectivity index (χ3v) is 2.94. The summed E-state index contributed by atoms with van der Waals surface area (Å²) in [4.78, 5) is 24.0. The van der Waals surface area contributed by atoms with Crippen LogP contribution in [0.15, 0.2) is 24.5 Å². The standard InChI is InChI=1S/C14H12N8O2/c1-10-3-2-4-11(19-10)20-13-12(22(23)24)14(18-9-17-13)21(7-5-15)8-6-16/h2-4,9H,7-8H2,1H3,(H,17,18,19,20). The van der Waals surface area contributed by atoms with E-state index in [1.54, 1.807) is 25.1 Å². The number of aryl methyl sites for hydroxylation is 1. The number of rotatable bonds is 6. The average Bonchev–Trinajstić information content (AvgIpc) is 2.54. The number of nitriles is 2. The summed E-state index contributed by atoms with van der Waals surface area (Å²) >= 11 is 0. The molecular formula is C14H12N8O2. The first-order chi connectivity index (χ1) is 11.6. The normalized spacial score (nSPS) is 9.62. The van der Waals surface area contributed by atoms with Gasteiger partial charge in [0.2, 0.25) is 11.6 Å². The second-order valence-electron chi connectivity index (χ2n) is 4.61. The van der Waals surface area contributed by atoms with Gasteiger partial charge in [0.15, 0.2) is 0 Å². The van der Waals surface area contributed by atoms with Gasteiger partial charge in [-0.2, -0.15) is 10.5 Å². The summed E-state index contributed by atoms with van der Waals surface area (Å²) in [5.41, 5.74) is 0.304. The molecule has 0 bridgehead atoms. The molecule has 0 fully saturated rings. The van der Waals surface area contributed by atoms with E-state index < -0.39 is 10.6 Å². The van der Waals surface area contributed by atoms with Gasteiger partial charge < -0.3 is 10.2 Å². The van der Waals surface area contributed by atoms with Crippen LogP contribution in [0.3, 0.4) is 0 Å². The van der Waals surface area contributed by atoms with Gasteiger partial charge in [-0.3, -0.25) is 10.1 Å². The minimum atomic E-state index is -0.658. The van der Waals surface area contributed by atoms with Crippen molar-refractivity contribution < 1.29 is 4.92 Å². The molecule has 0 aliphatic rings. The van der Waals surface area contributed by atoms with Gasteiger partial charge in [0, 0.05) is 5.69 Å². The van der Waals surface area contributed by atoms with Crippen molar-refractivity contribution >= 4 is 23.1 Å². The molecule has 0 amide bonds. The fourth-order valence-corrected chi connectivity index (χ4v) is 1.97. The maximum Gasteiger partial charge on any atom is 0.353 e. The summed E-state index contributed by atoms with van der Waals surface area (Å²) in [6.07, 6.45) is 1.13. The Morgan fingerprint density at radius 1 is 1.29 bits per heavy atom. The number of pyridine rings is 1. The van der Waals surface area contributed by atoms with Crippen LogP contribution in [0.5, 0.6) is 0 Å². The lowest BCUT2D eigenvalue weighted by atomic mass is 10.3. The highest BCUT2D eigenvalue weighted by molar-refractivity contribution is 5.73. The Kier molecular flexibility index (Phi) is 5.16. The summed E-state index contributed by atoms with van der Waals surface area (Å²) in [6, 6.07) is 8.88. The molecule has 24 heavy (non-hydrogen) atoms. The zero-order chi connectivity index (χ0) is 17.5. The number of aromatic nitrogens is 3. The highest BCUT2D eigenvalue weighted by Gasteiger charge is 2.27. The SMILES string of the molecule is Cc1cccc(Nc2ncnc(N(CC#N)CC#N)c2[N+](=O)[O-])n1. The van der Waals surface area contributed by atoms with Crippen molar-refractivity contribution in [3.05, 3.63) is 40.3 Å². The van der Waals surface area contributed by atoms with Crippen LogP contribution in [0, 0.1) is 39.7 Å². The lowest BCUT2D eigenvalue weighted by Crippen LogP contribution is -2.26. The zero-order valence-electron chi connectivity index (χ0n) is 12.7. The lowest BCUT2D eigenvalue weighted by molar-refractivity contribution is -0.383. The predicted octanol–water partition coefficient (Wildman–Crippen LogP) is 1.69. The topological polar surface area (TPSA) is 145 Å². The Balaban J connectivity index is 2.49. The van der Waals surface area contributed by atoms with Crippen molar-refractivity contribution in [1.29, 1.82) is 10.5 Å². The van der Waals surface area contributed by atoms with Crippen LogP contribution in [-0.2, 0) is 0 Å². The quantitative estimate of drug-likeness (QED) is 0.476. The van der Waals surface area contributed by atoms with Gasteiger partial charge in [-0.1, -0.05) is 6.07 Å². The van der Waals surface area contributed by atoms with E-state index in [-0.39, 0.29) is 24.7 Å². The van der Waals surface area contributed by atoms with E-state index in [0.717, 1.165) is 12.0 Å². The number of anilines is 3. The molecule has 1 N–H and O–H groups in total. The molecule has 2 heterocycles. The molecule has 0 radical (unpaired) electrons. The Morgan fingerprint density at radius 2 is 2.00 bits per heavy atom. The monoisotopic (exact) mass is 324 g/mol. The smallest absolute Gasteiger partial charge is 0.324 e. The van der Waals surface area contributed by atoms with Crippen LogP contribution >= 0.6 is 0 Å². The van der Waals surface area contributed by atoms with Gasteiger partial charge in [0.25, 0.3) is 0 Å². The van der Waals surface area contributed by atoms with Gasteiger partial charge in [-0.05, 0) is 19.1 Å². The number of hydrogen-bond donors (Lipinski definition) is 1. The molecule has 0 saturated heterocycles. The molecule has 2 aromatic heterocycles. The number of nitrogens with one attached hydrogen (secondary N) is 1. The van der Waals surface area contributed by atoms with Gasteiger partial charge in [-0.15, -0.1) is 0 Å². The fraction of sp³-hybridized carbons (Fsp3) is 0.214. The van der Waals surface area contributed by atoms with Crippen LogP contribution < -0.4 is 10.2 Å². The summed E-state index contributed by atoms with van der Waals surface area (Å²) in [7, 11) is 0. The molecule has 120 valence electrons. The Bertz CT molecular complexity index is 823. The molecule has 10 heteroatoms. The molecule has 0 atom stereocenters. The Hall–Kier alpha value is -3.79. The van der Waals surface area contributed by atoms with Crippen molar-refractivity contribution in [2.75, 3.05) is 23.3 Å². The molecule has 0 unspecified atom stereocenters. The predicted molar refractivity (Wildman–Crippen MR) is 84.4 cm³/mol. The van der Waals surface area contributed by atoms with Crippen molar-refractivity contribution in [1.82, 2.24) is 15.0 Å². The summed E-state index contributed by atoms with van der Waals surface area (Å²) in [5.74, 6) is 0.215. The van der Waals surface area contributed by atoms with Crippen molar-refractivity contribution in [2.24, 2.45) is 0 Å². The maximum atomic E-state index is 11.5. The summed E-state index contributed by atoms with van der Waals surface area (Å²) in [5, 5.41) is 32.0. The van der Waals surface area contributed by atoms with Crippen LogP contribution in [0.2, 0.25) is 0 Å². The van der Waals surface area contributed by atoms with E-state index in [0.29, 0.717) is 5.82 Å². The molecule has 0 aromatic carbocycles. The number of nitrogens with zero attached hydrogens (tertiary/aromatic N) is 7. The molecule has 0 saturated carbocycles. The van der Waals surface area contributed by atoms with E-state index in [1.807, 2.05) is 12.1 Å². The molecule has 10 nitrogen and oxygen atoms in total. The average molecular weight is 324 g/mol. The van der Waals surface area contributed by atoms with Gasteiger partial charge in [0.05, 0.1) is 17.1 Å². The van der Waals surface area contributed by atoms with Crippen LogP contribution in [0.1, 0.15) is 5.69 Å². The van der Waals surface area contributed by atoms with E-state index in [2.05, 4.69) is 20.3 Å². The van der Waals surface area contributed by atoms with Crippen molar-refractivity contribution in [3.8, 4) is 12.1 Å². The number of nitro groups is 1. The van der Waals surface area contributed by atoms with Crippen LogP contribution in [0.25, 0.3) is 0 Å². The highest BCUT2D eigenvalue weighted by atomic mass is 16.6. The first-order valence-corrected chi connectivity index (χ1v) is 6.75. The molecule has 0 aliphatic heterocycles. The molecular weight excluding hydrogens is 312 g/mol. The van der Waals surface area contributed by atoms with Gasteiger partial charge in [-0.25, -0.2) is 15.0 Å². The zero-order valence-corrected chi connectivity index (χ0v) is 12.7. The molecule has 0 spiro atoms. The Morgan fingerprint density at radius 3 is 2.58 bits per heavy atom. The molecule has 2 rings (SSSR count). The second-order valence-corrected chi connectivity index (χ2v) is 4.61. The summed E-state index contributed by atoms with van der Waals surface area (Å²) < 4.78 is 0. The highest BCUT2D eigenvalue weighted by Crippen LogP contribution is 2.32. The lowest BCUT2D eigenvalue weighted by Gasteiger charge is -2.17. The molecule has 2 aromatic rings. The van der Waals surface area contributed by atoms with Crippen LogP contribution in [-0.4, -0.2) is 33.0 Å². The van der Waals surface area contributed by atoms with Crippen molar-refractivity contribution in [2.45, 2.75) is 6.92 Å². The van der Waals surface area contributed by atoms with Crippen molar-refractivity contribution in [3.63, 3.8) is 0 Å². The fourth-order valence-electron chi connectivity index (χ4n) is 1.97. The minimum absolute atomic E-state index is 0.0658. The first kappa shape index (κ1) is 16.6. The second kappa shape index (κ2) is 7.47. The largest absolute Gasteiger partial charge is 0.353 e. The first-order valence-electron chi connectivity index (χ1n) is 6.75.